The smallest absolute Gasteiger partial charge is 0.238 e. The van der Waals surface area contributed by atoms with Gasteiger partial charge in [0.2, 0.25) is 5.91 Å². The monoisotopic (exact) mass is 304 g/mol. The number of anilines is 1. The Balaban J connectivity index is 2.00. The van der Waals surface area contributed by atoms with Crippen LogP contribution in [0, 0.1) is 0 Å². The first-order valence-corrected chi connectivity index (χ1v) is 7.78. The molecule has 0 radical (unpaired) electrons. The number of aliphatic hydroxyl groups excluding tert-OH is 1. The lowest BCUT2D eigenvalue weighted by Gasteiger charge is -2.39. The largest absolute Gasteiger partial charge is 0.395 e. The van der Waals surface area contributed by atoms with Crippen molar-refractivity contribution in [2.24, 2.45) is 0 Å². The van der Waals surface area contributed by atoms with Gasteiger partial charge in [-0.3, -0.25) is 14.5 Å². The van der Waals surface area contributed by atoms with Gasteiger partial charge in [-0.1, -0.05) is 18.6 Å². The van der Waals surface area contributed by atoms with Crippen LogP contribution >= 0.6 is 0 Å². The number of piperidine rings is 1. The van der Waals surface area contributed by atoms with Crippen LogP contribution in [0.5, 0.6) is 0 Å². The normalized spacial score (nSPS) is 22.3. The molecular formula is C17H24N2O3. The van der Waals surface area contributed by atoms with Crippen LogP contribution in [0.2, 0.25) is 0 Å². The van der Waals surface area contributed by atoms with Gasteiger partial charge in [-0.2, -0.15) is 0 Å². The standard InChI is InChI=1S/C17H24N2O3/c1-12-5-3-8-16(11-20)19(12)10-17(22)18-15-7-4-6-14(9-15)13(2)21/h4,6-7,9,12,16,20H,3,5,8,10-11H2,1-2H3,(H,18,22). The Hall–Kier alpha value is -1.72. The van der Waals surface area contributed by atoms with Gasteiger partial charge in [-0.05, 0) is 38.8 Å². The third kappa shape index (κ3) is 4.15. The van der Waals surface area contributed by atoms with Crippen molar-refractivity contribution in [3.05, 3.63) is 29.8 Å². The van der Waals surface area contributed by atoms with Crippen molar-refractivity contribution in [1.29, 1.82) is 0 Å². The number of carbonyl (C=O) groups is 2. The van der Waals surface area contributed by atoms with Crippen LogP contribution in [0.15, 0.2) is 24.3 Å². The number of aliphatic hydroxyl groups is 1. The van der Waals surface area contributed by atoms with Gasteiger partial charge in [-0.15, -0.1) is 0 Å². The van der Waals surface area contributed by atoms with Gasteiger partial charge in [0.1, 0.15) is 0 Å². The predicted molar refractivity (Wildman–Crippen MR) is 86.0 cm³/mol. The molecule has 0 spiro atoms. The number of nitrogens with one attached hydrogen (secondary N) is 1. The number of hydrogen-bond donors (Lipinski definition) is 2. The predicted octanol–water partition coefficient (Wildman–Crippen LogP) is 2.06. The summed E-state index contributed by atoms with van der Waals surface area (Å²) in [5.74, 6) is -0.144. The average Bonchev–Trinajstić information content (AvgIpc) is 2.49. The first kappa shape index (κ1) is 16.6. The van der Waals surface area contributed by atoms with E-state index in [-0.39, 0.29) is 30.9 Å². The van der Waals surface area contributed by atoms with Crippen LogP contribution in [0.4, 0.5) is 5.69 Å². The molecular weight excluding hydrogens is 280 g/mol. The molecule has 1 heterocycles. The molecule has 0 aromatic heterocycles. The Morgan fingerprint density at radius 1 is 1.36 bits per heavy atom. The zero-order valence-electron chi connectivity index (χ0n) is 13.2. The number of likely N-dealkylation sites (tertiary alicyclic amines) is 1. The summed E-state index contributed by atoms with van der Waals surface area (Å²) in [6.07, 6.45) is 3.06. The van der Waals surface area contributed by atoms with Crippen molar-refractivity contribution in [3.63, 3.8) is 0 Å². The quantitative estimate of drug-likeness (QED) is 0.817. The number of ketones is 1. The SMILES string of the molecule is CC(=O)c1cccc(NC(=O)CN2C(C)CCCC2CO)c1. The summed E-state index contributed by atoms with van der Waals surface area (Å²) < 4.78 is 0. The molecule has 5 heteroatoms. The molecule has 0 aliphatic carbocycles. The minimum atomic E-state index is -0.118. The second-order valence-electron chi connectivity index (χ2n) is 5.97. The first-order valence-electron chi connectivity index (χ1n) is 7.78. The molecule has 2 atom stereocenters. The fourth-order valence-electron chi connectivity index (χ4n) is 3.00. The highest BCUT2D eigenvalue weighted by Gasteiger charge is 2.28. The van der Waals surface area contributed by atoms with Crippen LogP contribution in [-0.2, 0) is 4.79 Å². The van der Waals surface area contributed by atoms with Gasteiger partial charge in [0.15, 0.2) is 5.78 Å². The number of Topliss-reactive ketones (excluding diaryl/α,β-unsaturated/α-hetero) is 1. The van der Waals surface area contributed by atoms with Crippen LogP contribution in [0.1, 0.15) is 43.5 Å². The highest BCUT2D eigenvalue weighted by Crippen LogP contribution is 2.22. The summed E-state index contributed by atoms with van der Waals surface area (Å²) in [6.45, 7) is 3.93. The lowest BCUT2D eigenvalue weighted by atomic mass is 9.97. The zero-order chi connectivity index (χ0) is 16.1. The van der Waals surface area contributed by atoms with Crippen LogP contribution in [0.3, 0.4) is 0 Å². The van der Waals surface area contributed by atoms with E-state index in [1.165, 1.54) is 6.92 Å². The van der Waals surface area contributed by atoms with Crippen molar-refractivity contribution in [1.82, 2.24) is 4.90 Å². The molecule has 2 unspecified atom stereocenters. The fraction of sp³-hybridized carbons (Fsp3) is 0.529. The van der Waals surface area contributed by atoms with E-state index in [2.05, 4.69) is 17.1 Å². The van der Waals surface area contributed by atoms with Gasteiger partial charge >= 0.3 is 0 Å². The molecule has 2 rings (SSSR count). The topological polar surface area (TPSA) is 69.6 Å². The minimum Gasteiger partial charge on any atom is -0.395 e. The number of benzene rings is 1. The van der Waals surface area contributed by atoms with E-state index in [9.17, 15) is 14.7 Å². The van der Waals surface area contributed by atoms with Crippen LogP contribution in [0.25, 0.3) is 0 Å². The summed E-state index contributed by atoms with van der Waals surface area (Å²) in [5.41, 5.74) is 1.21. The van der Waals surface area contributed by atoms with Crippen LogP contribution < -0.4 is 5.32 Å². The number of nitrogens with zero attached hydrogens (tertiary/aromatic N) is 1. The van der Waals surface area contributed by atoms with E-state index in [1.807, 2.05) is 0 Å². The maximum Gasteiger partial charge on any atom is 0.238 e. The van der Waals surface area contributed by atoms with Crippen molar-refractivity contribution in [3.8, 4) is 0 Å². The number of carbonyl (C=O) groups excluding carboxylic acids is 2. The minimum absolute atomic E-state index is 0.0268. The van der Waals surface area contributed by atoms with Gasteiger partial charge in [0, 0.05) is 23.3 Å². The molecule has 1 aliphatic rings. The summed E-state index contributed by atoms with van der Waals surface area (Å²) in [4.78, 5) is 25.7. The molecule has 1 aromatic rings. The lowest BCUT2D eigenvalue weighted by molar-refractivity contribution is -0.119. The third-order valence-corrected chi connectivity index (χ3v) is 4.28. The Morgan fingerprint density at radius 3 is 2.82 bits per heavy atom. The van der Waals surface area contributed by atoms with Gasteiger partial charge in [0.25, 0.3) is 0 Å². The maximum absolute atomic E-state index is 12.2. The number of rotatable bonds is 5. The molecule has 2 N–H and O–H groups in total. The van der Waals surface area contributed by atoms with E-state index < -0.39 is 0 Å². The molecule has 0 saturated carbocycles. The Labute approximate surface area is 131 Å². The Morgan fingerprint density at radius 2 is 2.14 bits per heavy atom. The Kier molecular flexibility index (Phi) is 5.69. The molecule has 1 aliphatic heterocycles. The molecule has 1 saturated heterocycles. The summed E-state index contributed by atoms with van der Waals surface area (Å²) in [7, 11) is 0. The van der Waals surface area contributed by atoms with E-state index in [4.69, 9.17) is 0 Å². The van der Waals surface area contributed by atoms with Gasteiger partial charge in [-0.25, -0.2) is 0 Å². The molecule has 1 aromatic carbocycles. The zero-order valence-corrected chi connectivity index (χ0v) is 13.2. The molecule has 120 valence electrons. The lowest BCUT2D eigenvalue weighted by Crippen LogP contribution is -2.50. The summed E-state index contributed by atoms with van der Waals surface area (Å²) in [6, 6.07) is 7.29. The van der Waals surface area contributed by atoms with E-state index in [0.29, 0.717) is 17.3 Å². The molecule has 5 nitrogen and oxygen atoms in total. The van der Waals surface area contributed by atoms with E-state index in [1.54, 1.807) is 24.3 Å². The molecule has 1 fully saturated rings. The number of hydrogen-bond acceptors (Lipinski definition) is 4. The second kappa shape index (κ2) is 7.51. The highest BCUT2D eigenvalue weighted by molar-refractivity contribution is 5.97. The van der Waals surface area contributed by atoms with E-state index in [0.717, 1.165) is 19.3 Å². The Bertz CT molecular complexity index is 544. The molecule has 1 amide bonds. The molecule has 22 heavy (non-hydrogen) atoms. The summed E-state index contributed by atoms with van der Waals surface area (Å²) >= 11 is 0. The van der Waals surface area contributed by atoms with Crippen molar-refractivity contribution < 1.29 is 14.7 Å². The van der Waals surface area contributed by atoms with E-state index >= 15 is 0 Å². The maximum atomic E-state index is 12.2. The van der Waals surface area contributed by atoms with Gasteiger partial charge < -0.3 is 10.4 Å². The fourth-order valence-corrected chi connectivity index (χ4v) is 3.00. The average molecular weight is 304 g/mol. The highest BCUT2D eigenvalue weighted by atomic mass is 16.3. The van der Waals surface area contributed by atoms with Crippen molar-refractivity contribution in [2.45, 2.75) is 45.2 Å². The van der Waals surface area contributed by atoms with Crippen molar-refractivity contribution >= 4 is 17.4 Å². The first-order chi connectivity index (χ1) is 10.5. The number of amides is 1. The van der Waals surface area contributed by atoms with Gasteiger partial charge in [0.05, 0.1) is 13.2 Å². The van der Waals surface area contributed by atoms with Crippen LogP contribution in [-0.4, -0.2) is 46.9 Å². The second-order valence-corrected chi connectivity index (χ2v) is 5.97. The molecule has 0 bridgehead atoms. The summed E-state index contributed by atoms with van der Waals surface area (Å²) in [5, 5.41) is 12.3. The third-order valence-electron chi connectivity index (χ3n) is 4.28. The van der Waals surface area contributed by atoms with Crippen molar-refractivity contribution in [2.75, 3.05) is 18.5 Å².